The van der Waals surface area contributed by atoms with Crippen molar-refractivity contribution in [2.24, 2.45) is 0 Å². The summed E-state index contributed by atoms with van der Waals surface area (Å²) in [6.45, 7) is 1.65. The smallest absolute Gasteiger partial charge is 0.287 e. The summed E-state index contributed by atoms with van der Waals surface area (Å²) in [5.41, 5.74) is 2.60. The average molecular weight is 407 g/mol. The van der Waals surface area contributed by atoms with E-state index in [9.17, 15) is 4.79 Å². The van der Waals surface area contributed by atoms with Gasteiger partial charge >= 0.3 is 0 Å². The van der Waals surface area contributed by atoms with Crippen molar-refractivity contribution in [3.8, 4) is 22.6 Å². The number of hydrogen-bond acceptors (Lipinski definition) is 5. The van der Waals surface area contributed by atoms with Crippen molar-refractivity contribution in [1.82, 2.24) is 5.32 Å². The molecule has 1 amide bonds. The van der Waals surface area contributed by atoms with E-state index in [0.29, 0.717) is 30.4 Å². The molecule has 1 aliphatic heterocycles. The fourth-order valence-corrected chi connectivity index (χ4v) is 3.49. The monoisotopic (exact) mass is 407 g/mol. The molecule has 1 aromatic heterocycles. The highest BCUT2D eigenvalue weighted by molar-refractivity contribution is 5.98. The van der Waals surface area contributed by atoms with E-state index in [-0.39, 0.29) is 12.0 Å². The third-order valence-electron chi connectivity index (χ3n) is 5.09. The lowest BCUT2D eigenvalue weighted by atomic mass is 10.1. The van der Waals surface area contributed by atoms with Crippen LogP contribution in [0.25, 0.3) is 11.1 Å². The topological polar surface area (TPSA) is 69.9 Å². The highest BCUT2D eigenvalue weighted by Gasteiger charge is 2.18. The Morgan fingerprint density at radius 1 is 1.13 bits per heavy atom. The molecular formula is C24H25NO5. The van der Waals surface area contributed by atoms with E-state index in [0.717, 1.165) is 36.1 Å². The van der Waals surface area contributed by atoms with Crippen LogP contribution in [0.1, 0.15) is 29.0 Å². The summed E-state index contributed by atoms with van der Waals surface area (Å²) in [5, 5.41) is 2.91. The van der Waals surface area contributed by atoms with Crippen molar-refractivity contribution in [3.05, 3.63) is 72.2 Å². The molecule has 1 saturated heterocycles. The highest BCUT2D eigenvalue weighted by atomic mass is 16.5. The lowest BCUT2D eigenvalue weighted by Gasteiger charge is -2.15. The first-order valence-corrected chi connectivity index (χ1v) is 10.1. The molecule has 1 N–H and O–H groups in total. The maximum absolute atomic E-state index is 12.7. The van der Waals surface area contributed by atoms with Crippen molar-refractivity contribution in [1.29, 1.82) is 0 Å². The molecule has 0 aliphatic carbocycles. The highest BCUT2D eigenvalue weighted by Crippen LogP contribution is 2.29. The summed E-state index contributed by atoms with van der Waals surface area (Å²) in [4.78, 5) is 12.7. The number of nitrogens with one attached hydrogen (secondary N) is 1. The minimum atomic E-state index is -0.267. The van der Waals surface area contributed by atoms with Gasteiger partial charge < -0.3 is 23.9 Å². The van der Waals surface area contributed by atoms with E-state index in [1.54, 1.807) is 13.2 Å². The molecule has 0 saturated carbocycles. The van der Waals surface area contributed by atoms with E-state index in [1.807, 2.05) is 48.5 Å². The van der Waals surface area contributed by atoms with Crippen LogP contribution in [0.2, 0.25) is 0 Å². The van der Waals surface area contributed by atoms with E-state index >= 15 is 0 Å². The third-order valence-corrected chi connectivity index (χ3v) is 5.09. The van der Waals surface area contributed by atoms with Crippen LogP contribution < -0.4 is 14.8 Å². The molecule has 2 heterocycles. The van der Waals surface area contributed by atoms with Crippen LogP contribution in [0, 0.1) is 0 Å². The predicted molar refractivity (Wildman–Crippen MR) is 113 cm³/mol. The van der Waals surface area contributed by atoms with E-state index in [2.05, 4.69) is 5.32 Å². The number of amides is 1. The molecule has 3 aromatic rings. The first-order valence-electron chi connectivity index (χ1n) is 10.1. The lowest BCUT2D eigenvalue weighted by Crippen LogP contribution is -2.23. The van der Waals surface area contributed by atoms with Crippen LogP contribution in [-0.2, 0) is 11.3 Å². The van der Waals surface area contributed by atoms with Crippen LogP contribution in [0.5, 0.6) is 11.5 Å². The first-order chi connectivity index (χ1) is 14.7. The molecule has 4 rings (SSSR count). The van der Waals surface area contributed by atoms with E-state index in [1.165, 1.54) is 6.26 Å². The maximum Gasteiger partial charge on any atom is 0.287 e. The zero-order chi connectivity index (χ0) is 20.8. The Hall–Kier alpha value is -3.25. The molecule has 156 valence electrons. The van der Waals surface area contributed by atoms with Crippen molar-refractivity contribution in [3.63, 3.8) is 0 Å². The maximum atomic E-state index is 12.7. The molecule has 1 unspecified atom stereocenters. The number of hydrogen-bond donors (Lipinski definition) is 1. The van der Waals surface area contributed by atoms with Gasteiger partial charge in [0, 0.05) is 18.7 Å². The first kappa shape index (κ1) is 20.0. The number of methoxy groups -OCH3 is 1. The number of furan rings is 1. The fraction of sp³-hybridized carbons (Fsp3) is 0.292. The predicted octanol–water partition coefficient (Wildman–Crippen LogP) is 4.44. The second-order valence-corrected chi connectivity index (χ2v) is 7.14. The number of ether oxygens (including phenoxy) is 3. The van der Waals surface area contributed by atoms with Crippen LogP contribution in [0.15, 0.2) is 65.3 Å². The van der Waals surface area contributed by atoms with E-state index in [4.69, 9.17) is 18.6 Å². The second kappa shape index (κ2) is 9.50. The minimum Gasteiger partial charge on any atom is -0.493 e. The number of carbonyl (C=O) groups is 1. The van der Waals surface area contributed by atoms with E-state index < -0.39 is 0 Å². The molecule has 0 spiro atoms. The molecule has 6 nitrogen and oxygen atoms in total. The van der Waals surface area contributed by atoms with Crippen molar-refractivity contribution in [2.45, 2.75) is 25.5 Å². The van der Waals surface area contributed by atoms with Gasteiger partial charge in [-0.15, -0.1) is 0 Å². The van der Waals surface area contributed by atoms with Crippen LogP contribution in [0.4, 0.5) is 0 Å². The zero-order valence-corrected chi connectivity index (χ0v) is 16.9. The van der Waals surface area contributed by atoms with Gasteiger partial charge in [0.1, 0.15) is 6.61 Å². The van der Waals surface area contributed by atoms with Crippen molar-refractivity contribution < 1.29 is 23.4 Å². The summed E-state index contributed by atoms with van der Waals surface area (Å²) in [6.07, 6.45) is 3.76. The Morgan fingerprint density at radius 2 is 2.00 bits per heavy atom. The molecule has 2 aromatic carbocycles. The molecule has 0 bridgehead atoms. The summed E-state index contributed by atoms with van der Waals surface area (Å²) in [6, 6.07) is 17.1. The van der Waals surface area contributed by atoms with Gasteiger partial charge in [0.25, 0.3) is 5.91 Å². The third kappa shape index (κ3) is 4.66. The Kier molecular flexibility index (Phi) is 6.35. The van der Waals surface area contributed by atoms with Crippen LogP contribution in [0.3, 0.4) is 0 Å². The Morgan fingerprint density at radius 3 is 2.77 bits per heavy atom. The van der Waals surface area contributed by atoms with Gasteiger partial charge in [0.2, 0.25) is 0 Å². The SMILES string of the molecule is COc1cc(CNC(=O)c2occc2-c2ccccc2)ccc1OCC1CCCO1. The summed E-state index contributed by atoms with van der Waals surface area (Å²) < 4.78 is 22.4. The van der Waals surface area contributed by atoms with Crippen LogP contribution in [-0.4, -0.2) is 32.3 Å². The van der Waals surface area contributed by atoms with Gasteiger partial charge in [-0.25, -0.2) is 0 Å². The number of benzene rings is 2. The molecule has 1 atom stereocenters. The Labute approximate surface area is 175 Å². The lowest BCUT2D eigenvalue weighted by molar-refractivity contribution is 0.0669. The molecule has 1 aliphatic rings. The molecule has 0 radical (unpaired) electrons. The molecule has 1 fully saturated rings. The minimum absolute atomic E-state index is 0.140. The molecule has 6 heteroatoms. The van der Waals surface area contributed by atoms with Crippen molar-refractivity contribution in [2.75, 3.05) is 20.3 Å². The molecular weight excluding hydrogens is 382 g/mol. The summed E-state index contributed by atoms with van der Waals surface area (Å²) >= 11 is 0. The van der Waals surface area contributed by atoms with Gasteiger partial charge in [-0.05, 0) is 42.2 Å². The molecule has 30 heavy (non-hydrogen) atoms. The van der Waals surface area contributed by atoms with Gasteiger partial charge in [0.05, 0.1) is 19.5 Å². The largest absolute Gasteiger partial charge is 0.493 e. The normalized spacial score (nSPS) is 15.7. The van der Waals surface area contributed by atoms with Gasteiger partial charge in [0.15, 0.2) is 17.3 Å². The van der Waals surface area contributed by atoms with Gasteiger partial charge in [-0.3, -0.25) is 4.79 Å². The second-order valence-electron chi connectivity index (χ2n) is 7.14. The number of carbonyl (C=O) groups excluding carboxylic acids is 1. The zero-order valence-electron chi connectivity index (χ0n) is 16.9. The fourth-order valence-electron chi connectivity index (χ4n) is 3.49. The van der Waals surface area contributed by atoms with Crippen LogP contribution >= 0.6 is 0 Å². The average Bonchev–Trinajstić information content (AvgIpc) is 3.49. The summed E-state index contributed by atoms with van der Waals surface area (Å²) in [5.74, 6) is 1.32. The number of rotatable bonds is 8. The quantitative estimate of drug-likeness (QED) is 0.598. The van der Waals surface area contributed by atoms with Gasteiger partial charge in [-0.2, -0.15) is 0 Å². The Balaban J connectivity index is 1.39. The summed E-state index contributed by atoms with van der Waals surface area (Å²) in [7, 11) is 1.60. The van der Waals surface area contributed by atoms with Gasteiger partial charge in [-0.1, -0.05) is 36.4 Å². The Bertz CT molecular complexity index is 976. The van der Waals surface area contributed by atoms with Crippen molar-refractivity contribution >= 4 is 5.91 Å². The standard InChI is InChI=1S/C24H25NO5/c1-27-22-14-17(9-10-21(22)30-16-19-8-5-12-28-19)15-25-24(26)23-20(11-13-29-23)18-6-3-2-4-7-18/h2-4,6-7,9-11,13-14,19H,5,8,12,15-16H2,1H3,(H,25,26).